The molecule has 5 atom stereocenters. The lowest BCUT2D eigenvalue weighted by atomic mass is 10.1. The summed E-state index contributed by atoms with van der Waals surface area (Å²) in [4.78, 5) is 39.7. The zero-order valence-electron chi connectivity index (χ0n) is 17.8. The number of aromatic nitrogens is 2. The first-order valence-corrected chi connectivity index (χ1v) is 11.3. The molecule has 0 bridgehead atoms. The molecule has 0 radical (unpaired) electrons. The highest BCUT2D eigenvalue weighted by molar-refractivity contribution is 6.04. The highest BCUT2D eigenvalue weighted by Crippen LogP contribution is 2.48. The van der Waals surface area contributed by atoms with E-state index in [9.17, 15) is 14.4 Å². The van der Waals surface area contributed by atoms with E-state index in [4.69, 9.17) is 5.73 Å². The average molecular weight is 424 g/mol. The van der Waals surface area contributed by atoms with Crippen molar-refractivity contribution in [3.05, 3.63) is 30.0 Å². The van der Waals surface area contributed by atoms with Crippen LogP contribution < -0.4 is 11.1 Å². The Morgan fingerprint density at radius 3 is 2.71 bits per heavy atom. The molecule has 0 unspecified atom stereocenters. The van der Waals surface area contributed by atoms with Crippen LogP contribution in [0, 0.1) is 17.8 Å². The molecule has 1 aliphatic heterocycles. The van der Waals surface area contributed by atoms with E-state index in [1.54, 1.807) is 11.0 Å². The number of piperidine rings is 1. The third-order valence-corrected chi connectivity index (χ3v) is 7.24. The van der Waals surface area contributed by atoms with Crippen molar-refractivity contribution in [3.8, 4) is 0 Å². The summed E-state index contributed by atoms with van der Waals surface area (Å²) < 4.78 is 1.53. The quantitative estimate of drug-likeness (QED) is 0.736. The molecule has 8 heteroatoms. The number of nitrogens with two attached hydrogens (primary N) is 1. The first-order valence-electron chi connectivity index (χ1n) is 11.3. The molecule has 3 aliphatic rings. The number of likely N-dealkylation sites (tertiary alicyclic amines) is 1. The van der Waals surface area contributed by atoms with Gasteiger partial charge in [0.05, 0.1) is 5.52 Å². The first kappa shape index (κ1) is 20.0. The van der Waals surface area contributed by atoms with Crippen LogP contribution in [0.25, 0.3) is 10.9 Å². The smallest absolute Gasteiger partial charge is 0.269 e. The Kier molecular flexibility index (Phi) is 4.95. The molecule has 1 aromatic carbocycles. The molecule has 0 spiro atoms. The topological polar surface area (TPSA) is 110 Å². The number of hydrogen-bond acceptors (Lipinski definition) is 4. The number of nitrogens with one attached hydrogen (secondary N) is 1. The molecule has 1 aromatic heterocycles. The van der Waals surface area contributed by atoms with Crippen molar-refractivity contribution in [3.63, 3.8) is 0 Å². The van der Waals surface area contributed by atoms with Crippen molar-refractivity contribution in [1.82, 2.24) is 20.0 Å². The zero-order chi connectivity index (χ0) is 21.7. The van der Waals surface area contributed by atoms with Crippen LogP contribution in [0.3, 0.4) is 0 Å². The number of nitrogens with zero attached hydrogens (tertiary/aromatic N) is 3. The minimum absolute atomic E-state index is 0.0130. The van der Waals surface area contributed by atoms with Crippen LogP contribution in [-0.2, 0) is 16.1 Å². The third-order valence-electron chi connectivity index (χ3n) is 7.24. The Labute approximate surface area is 181 Å². The molecule has 2 aliphatic carbocycles. The largest absolute Gasteiger partial charge is 0.364 e. The number of carbonyl (C=O) groups is 3. The van der Waals surface area contributed by atoms with Gasteiger partial charge in [-0.15, -0.1) is 0 Å². The average Bonchev–Trinajstić information content (AvgIpc) is 3.08. The maximum atomic E-state index is 13.3. The van der Waals surface area contributed by atoms with Crippen molar-refractivity contribution in [1.29, 1.82) is 0 Å². The highest BCUT2D eigenvalue weighted by Gasteiger charge is 2.56. The fourth-order valence-electron chi connectivity index (χ4n) is 5.56. The van der Waals surface area contributed by atoms with Gasteiger partial charge in [0.15, 0.2) is 5.69 Å². The summed E-state index contributed by atoms with van der Waals surface area (Å²) in [5.74, 6) is 0.896. The minimum atomic E-state index is -0.621. The molecule has 8 nitrogen and oxygen atoms in total. The van der Waals surface area contributed by atoms with E-state index >= 15 is 0 Å². The van der Waals surface area contributed by atoms with Crippen molar-refractivity contribution in [2.45, 2.75) is 57.7 Å². The molecule has 3 N–H and O–H groups in total. The summed E-state index contributed by atoms with van der Waals surface area (Å²) in [6.45, 7) is 2.94. The number of hydrogen-bond donors (Lipinski definition) is 2. The van der Waals surface area contributed by atoms with E-state index in [0.717, 1.165) is 31.6 Å². The molecule has 3 amide bonds. The first-order chi connectivity index (χ1) is 14.9. The molecule has 5 rings (SSSR count). The molecule has 2 aromatic rings. The van der Waals surface area contributed by atoms with Gasteiger partial charge in [0, 0.05) is 18.0 Å². The number of benzene rings is 1. The van der Waals surface area contributed by atoms with Gasteiger partial charge < -0.3 is 16.0 Å². The van der Waals surface area contributed by atoms with Crippen LogP contribution in [0.1, 0.15) is 49.5 Å². The predicted octanol–water partition coefficient (Wildman–Crippen LogP) is 1.68. The van der Waals surface area contributed by atoms with Crippen molar-refractivity contribution < 1.29 is 14.4 Å². The lowest BCUT2D eigenvalue weighted by molar-refractivity contribution is -0.140. The Morgan fingerprint density at radius 2 is 1.97 bits per heavy atom. The Bertz CT molecular complexity index is 1050. The van der Waals surface area contributed by atoms with Gasteiger partial charge in [-0.2, -0.15) is 5.10 Å². The van der Waals surface area contributed by atoms with E-state index in [1.165, 1.54) is 11.1 Å². The van der Waals surface area contributed by atoms with E-state index < -0.39 is 11.9 Å². The van der Waals surface area contributed by atoms with Crippen LogP contribution >= 0.6 is 0 Å². The molecule has 2 heterocycles. The van der Waals surface area contributed by atoms with Gasteiger partial charge in [-0.25, -0.2) is 0 Å². The third kappa shape index (κ3) is 3.68. The second kappa shape index (κ2) is 7.66. The molecule has 1 saturated heterocycles. The number of fused-ring (bicyclic) bond motifs is 2. The number of primary amides is 1. The molecule has 2 saturated carbocycles. The van der Waals surface area contributed by atoms with Gasteiger partial charge in [-0.1, -0.05) is 31.5 Å². The summed E-state index contributed by atoms with van der Waals surface area (Å²) >= 11 is 0. The predicted molar refractivity (Wildman–Crippen MR) is 115 cm³/mol. The van der Waals surface area contributed by atoms with E-state index in [0.29, 0.717) is 29.3 Å². The normalized spacial score (nSPS) is 29.2. The zero-order valence-corrected chi connectivity index (χ0v) is 17.8. The highest BCUT2D eigenvalue weighted by atomic mass is 16.2. The molecular formula is C23H29N5O3. The number of amides is 3. The fraction of sp³-hybridized carbons (Fsp3) is 0.565. The second-order valence-corrected chi connectivity index (χ2v) is 9.53. The monoisotopic (exact) mass is 423 g/mol. The summed E-state index contributed by atoms with van der Waals surface area (Å²) in [6, 6.07) is 6.97. The van der Waals surface area contributed by atoms with Crippen molar-refractivity contribution in [2.24, 2.45) is 23.5 Å². The lowest BCUT2D eigenvalue weighted by Crippen LogP contribution is -2.49. The van der Waals surface area contributed by atoms with Crippen LogP contribution in [0.15, 0.2) is 24.3 Å². The van der Waals surface area contributed by atoms with E-state index in [1.807, 2.05) is 18.2 Å². The standard InChI is InChI=1S/C23H29N5O3/c1-13-6-7-14(8-13)11-25-23(31)19-10-15-9-18(15)28(19)20(29)12-27-17-5-3-2-4-16(17)21(26-27)22(24)30/h2-5,13-15,18-19H,6-12H2,1H3,(H2,24,30)(H,25,31)/t13-,14+,15+,18+,19-/m0/s1. The SMILES string of the molecule is C[C@H]1CC[C@@H](CNC(=O)[C@@H]2C[C@H]3C[C@H]3N2C(=O)Cn2nc(C(N)=O)c3ccccc32)C1. The summed E-state index contributed by atoms with van der Waals surface area (Å²) in [5, 5.41) is 8.04. The second-order valence-electron chi connectivity index (χ2n) is 9.53. The Hall–Kier alpha value is -2.90. The van der Waals surface area contributed by atoms with Crippen molar-refractivity contribution in [2.75, 3.05) is 6.54 Å². The van der Waals surface area contributed by atoms with Crippen LogP contribution in [0.5, 0.6) is 0 Å². The number of rotatable bonds is 6. The summed E-state index contributed by atoms with van der Waals surface area (Å²) in [5.41, 5.74) is 6.32. The number of para-hydroxylation sites is 1. The van der Waals surface area contributed by atoms with Gasteiger partial charge in [0.2, 0.25) is 11.8 Å². The maximum Gasteiger partial charge on any atom is 0.269 e. The van der Waals surface area contributed by atoms with Crippen LogP contribution in [0.2, 0.25) is 0 Å². The molecule has 3 fully saturated rings. The summed E-state index contributed by atoms with van der Waals surface area (Å²) in [7, 11) is 0. The number of carbonyl (C=O) groups excluding carboxylic acids is 3. The lowest BCUT2D eigenvalue weighted by Gasteiger charge is -2.27. The Morgan fingerprint density at radius 1 is 1.16 bits per heavy atom. The van der Waals surface area contributed by atoms with Crippen LogP contribution in [0.4, 0.5) is 0 Å². The molecule has 164 valence electrons. The van der Waals surface area contributed by atoms with Gasteiger partial charge >= 0.3 is 0 Å². The van der Waals surface area contributed by atoms with Gasteiger partial charge in [0.25, 0.3) is 5.91 Å². The van der Waals surface area contributed by atoms with Crippen molar-refractivity contribution >= 4 is 28.6 Å². The van der Waals surface area contributed by atoms with E-state index in [2.05, 4.69) is 17.3 Å². The summed E-state index contributed by atoms with van der Waals surface area (Å²) in [6.07, 6.45) is 5.24. The fourth-order valence-corrected chi connectivity index (χ4v) is 5.56. The Balaban J connectivity index is 1.30. The molecular weight excluding hydrogens is 394 g/mol. The van der Waals surface area contributed by atoms with Crippen LogP contribution in [-0.4, -0.2) is 51.0 Å². The van der Waals surface area contributed by atoms with Gasteiger partial charge in [-0.3, -0.25) is 19.1 Å². The molecule has 31 heavy (non-hydrogen) atoms. The minimum Gasteiger partial charge on any atom is -0.364 e. The van der Waals surface area contributed by atoms with Gasteiger partial charge in [-0.05, 0) is 49.5 Å². The van der Waals surface area contributed by atoms with Gasteiger partial charge in [0.1, 0.15) is 12.6 Å². The van der Waals surface area contributed by atoms with E-state index in [-0.39, 0.29) is 30.1 Å². The maximum absolute atomic E-state index is 13.3.